The van der Waals surface area contributed by atoms with Gasteiger partial charge in [0.2, 0.25) is 0 Å². The van der Waals surface area contributed by atoms with Gasteiger partial charge in [-0.05, 0) is 25.0 Å². The summed E-state index contributed by atoms with van der Waals surface area (Å²) in [5, 5.41) is 8.01. The standard InChI is InChI=1S/C18H19N3O/c1-2-21(13-12-14-8-4-3-5-9-14)18(22)17-15-10-6-7-11-16(15)19-20-17/h3-11H,2,12-13H2,1H3,(H,19,20). The molecule has 0 unspecified atom stereocenters. The summed E-state index contributed by atoms with van der Waals surface area (Å²) in [6, 6.07) is 17.9. The van der Waals surface area contributed by atoms with E-state index in [1.165, 1.54) is 5.56 Å². The van der Waals surface area contributed by atoms with E-state index in [1.54, 1.807) is 0 Å². The van der Waals surface area contributed by atoms with Gasteiger partial charge < -0.3 is 4.90 Å². The summed E-state index contributed by atoms with van der Waals surface area (Å²) in [5.41, 5.74) is 2.64. The van der Waals surface area contributed by atoms with E-state index in [0.717, 1.165) is 17.3 Å². The quantitative estimate of drug-likeness (QED) is 0.785. The predicted molar refractivity (Wildman–Crippen MR) is 87.8 cm³/mol. The fourth-order valence-electron chi connectivity index (χ4n) is 2.59. The van der Waals surface area contributed by atoms with Crippen LogP contribution in [0.1, 0.15) is 23.0 Å². The molecule has 112 valence electrons. The number of aromatic nitrogens is 2. The number of carbonyl (C=O) groups excluding carboxylic acids is 1. The van der Waals surface area contributed by atoms with E-state index < -0.39 is 0 Å². The summed E-state index contributed by atoms with van der Waals surface area (Å²) in [7, 11) is 0. The van der Waals surface area contributed by atoms with Crippen LogP contribution >= 0.6 is 0 Å². The second-order valence-electron chi connectivity index (χ2n) is 5.24. The molecule has 0 fully saturated rings. The molecule has 1 aromatic heterocycles. The Morgan fingerprint density at radius 2 is 1.82 bits per heavy atom. The first-order chi connectivity index (χ1) is 10.8. The van der Waals surface area contributed by atoms with E-state index in [0.29, 0.717) is 18.8 Å². The van der Waals surface area contributed by atoms with E-state index in [4.69, 9.17) is 0 Å². The number of nitrogens with zero attached hydrogens (tertiary/aromatic N) is 2. The number of H-pyrrole nitrogens is 1. The van der Waals surface area contributed by atoms with Crippen molar-refractivity contribution >= 4 is 16.8 Å². The number of fused-ring (bicyclic) bond motifs is 1. The molecule has 0 saturated heterocycles. The molecule has 0 bridgehead atoms. The lowest BCUT2D eigenvalue weighted by atomic mass is 10.1. The topological polar surface area (TPSA) is 49.0 Å². The van der Waals surface area contributed by atoms with Crippen molar-refractivity contribution in [3.63, 3.8) is 0 Å². The van der Waals surface area contributed by atoms with Crippen molar-refractivity contribution in [3.05, 3.63) is 65.9 Å². The van der Waals surface area contributed by atoms with Gasteiger partial charge in [-0.25, -0.2) is 0 Å². The van der Waals surface area contributed by atoms with Crippen LogP contribution in [-0.4, -0.2) is 34.1 Å². The summed E-state index contributed by atoms with van der Waals surface area (Å²) < 4.78 is 0. The largest absolute Gasteiger partial charge is 0.337 e. The number of nitrogens with one attached hydrogen (secondary N) is 1. The number of aromatic amines is 1. The monoisotopic (exact) mass is 293 g/mol. The van der Waals surface area contributed by atoms with Gasteiger partial charge >= 0.3 is 0 Å². The predicted octanol–water partition coefficient (Wildman–Crippen LogP) is 3.27. The average Bonchev–Trinajstić information content (AvgIpc) is 3.00. The molecule has 4 heteroatoms. The molecule has 0 spiro atoms. The lowest BCUT2D eigenvalue weighted by Crippen LogP contribution is -2.33. The Labute approximate surface area is 129 Å². The Bertz CT molecular complexity index is 764. The van der Waals surface area contributed by atoms with E-state index in [2.05, 4.69) is 22.3 Å². The van der Waals surface area contributed by atoms with Gasteiger partial charge in [0.15, 0.2) is 5.69 Å². The Morgan fingerprint density at radius 1 is 1.09 bits per heavy atom. The fourth-order valence-corrected chi connectivity index (χ4v) is 2.59. The molecule has 0 radical (unpaired) electrons. The van der Waals surface area contributed by atoms with E-state index in [1.807, 2.05) is 54.3 Å². The second-order valence-corrected chi connectivity index (χ2v) is 5.24. The Hall–Kier alpha value is -2.62. The van der Waals surface area contributed by atoms with Gasteiger partial charge in [-0.15, -0.1) is 0 Å². The highest BCUT2D eigenvalue weighted by Crippen LogP contribution is 2.17. The molecule has 0 aliphatic heterocycles. The molecule has 0 saturated carbocycles. The van der Waals surface area contributed by atoms with Crippen LogP contribution in [-0.2, 0) is 6.42 Å². The molecule has 3 aromatic rings. The summed E-state index contributed by atoms with van der Waals surface area (Å²) >= 11 is 0. The smallest absolute Gasteiger partial charge is 0.274 e. The first-order valence-corrected chi connectivity index (χ1v) is 7.56. The van der Waals surface area contributed by atoms with Gasteiger partial charge in [0.25, 0.3) is 5.91 Å². The van der Waals surface area contributed by atoms with Gasteiger partial charge in [-0.3, -0.25) is 9.89 Å². The average molecular weight is 293 g/mol. The maximum Gasteiger partial charge on any atom is 0.274 e. The first-order valence-electron chi connectivity index (χ1n) is 7.56. The fraction of sp³-hybridized carbons (Fsp3) is 0.222. The van der Waals surface area contributed by atoms with Crippen LogP contribution in [0, 0.1) is 0 Å². The Morgan fingerprint density at radius 3 is 2.59 bits per heavy atom. The Kier molecular flexibility index (Phi) is 4.19. The minimum absolute atomic E-state index is 0.0177. The molecular weight excluding hydrogens is 274 g/mol. The van der Waals surface area contributed by atoms with Crippen LogP contribution in [0.5, 0.6) is 0 Å². The van der Waals surface area contributed by atoms with Crippen molar-refractivity contribution in [1.82, 2.24) is 15.1 Å². The van der Waals surface area contributed by atoms with Gasteiger partial charge in [-0.2, -0.15) is 5.10 Å². The summed E-state index contributed by atoms with van der Waals surface area (Å²) in [6.07, 6.45) is 0.850. The molecule has 0 aliphatic rings. The number of hydrogen-bond acceptors (Lipinski definition) is 2. The third-order valence-electron chi connectivity index (χ3n) is 3.86. The highest BCUT2D eigenvalue weighted by atomic mass is 16.2. The zero-order chi connectivity index (χ0) is 15.4. The highest BCUT2D eigenvalue weighted by Gasteiger charge is 2.19. The van der Waals surface area contributed by atoms with Crippen molar-refractivity contribution in [2.75, 3.05) is 13.1 Å². The second kappa shape index (κ2) is 6.43. The summed E-state index contributed by atoms with van der Waals surface area (Å²) in [6.45, 7) is 3.37. The van der Waals surface area contributed by atoms with Crippen molar-refractivity contribution in [1.29, 1.82) is 0 Å². The molecule has 22 heavy (non-hydrogen) atoms. The number of para-hydroxylation sites is 1. The molecule has 1 amide bonds. The molecule has 0 atom stereocenters. The molecule has 1 N–H and O–H groups in total. The normalized spacial score (nSPS) is 10.8. The first kappa shape index (κ1) is 14.3. The molecule has 3 rings (SSSR count). The molecule has 0 aliphatic carbocycles. The van der Waals surface area contributed by atoms with Crippen molar-refractivity contribution < 1.29 is 4.79 Å². The molecule has 4 nitrogen and oxygen atoms in total. The van der Waals surface area contributed by atoms with E-state index in [-0.39, 0.29) is 5.91 Å². The highest BCUT2D eigenvalue weighted by molar-refractivity contribution is 6.04. The number of rotatable bonds is 5. The zero-order valence-electron chi connectivity index (χ0n) is 12.6. The number of hydrogen-bond donors (Lipinski definition) is 1. The Balaban J connectivity index is 1.77. The lowest BCUT2D eigenvalue weighted by Gasteiger charge is -2.20. The number of likely N-dealkylation sites (N-methyl/N-ethyl adjacent to an activating group) is 1. The van der Waals surface area contributed by atoms with E-state index >= 15 is 0 Å². The summed E-state index contributed by atoms with van der Waals surface area (Å²) in [5.74, 6) is -0.0177. The van der Waals surface area contributed by atoms with Crippen molar-refractivity contribution in [3.8, 4) is 0 Å². The third kappa shape index (κ3) is 2.86. The van der Waals surface area contributed by atoms with Gasteiger partial charge in [0, 0.05) is 18.5 Å². The van der Waals surface area contributed by atoms with Crippen LogP contribution in [0.15, 0.2) is 54.6 Å². The van der Waals surface area contributed by atoms with Crippen LogP contribution in [0.2, 0.25) is 0 Å². The van der Waals surface area contributed by atoms with Gasteiger partial charge in [-0.1, -0.05) is 48.5 Å². The maximum atomic E-state index is 12.7. The maximum absolute atomic E-state index is 12.7. The van der Waals surface area contributed by atoms with Crippen LogP contribution < -0.4 is 0 Å². The number of amides is 1. The SMILES string of the molecule is CCN(CCc1ccccc1)C(=O)c1n[nH]c2ccccc12. The third-order valence-corrected chi connectivity index (χ3v) is 3.86. The van der Waals surface area contributed by atoms with Gasteiger partial charge in [0.1, 0.15) is 0 Å². The molecular formula is C18H19N3O. The minimum atomic E-state index is -0.0177. The van der Waals surface area contributed by atoms with Gasteiger partial charge in [0.05, 0.1) is 5.52 Å². The number of carbonyl (C=O) groups is 1. The lowest BCUT2D eigenvalue weighted by molar-refractivity contribution is 0.0762. The van der Waals surface area contributed by atoms with Crippen LogP contribution in [0.4, 0.5) is 0 Å². The van der Waals surface area contributed by atoms with Crippen LogP contribution in [0.25, 0.3) is 10.9 Å². The van der Waals surface area contributed by atoms with Crippen LogP contribution in [0.3, 0.4) is 0 Å². The van der Waals surface area contributed by atoms with Crippen molar-refractivity contribution in [2.24, 2.45) is 0 Å². The van der Waals surface area contributed by atoms with Crippen molar-refractivity contribution in [2.45, 2.75) is 13.3 Å². The summed E-state index contributed by atoms with van der Waals surface area (Å²) in [4.78, 5) is 14.6. The molecule has 2 aromatic carbocycles. The zero-order valence-corrected chi connectivity index (χ0v) is 12.6. The molecule has 1 heterocycles. The number of benzene rings is 2. The van der Waals surface area contributed by atoms with E-state index in [9.17, 15) is 4.79 Å². The minimum Gasteiger partial charge on any atom is -0.337 e.